The van der Waals surface area contributed by atoms with Crippen molar-refractivity contribution in [3.63, 3.8) is 0 Å². The summed E-state index contributed by atoms with van der Waals surface area (Å²) in [6, 6.07) is 4.05. The number of urea groups is 1. The van der Waals surface area contributed by atoms with Gasteiger partial charge in [-0.1, -0.05) is 49.4 Å². The van der Waals surface area contributed by atoms with Crippen molar-refractivity contribution < 1.29 is 24.1 Å². The predicted molar refractivity (Wildman–Crippen MR) is 149 cm³/mol. The number of amides is 2. The first-order valence-electron chi connectivity index (χ1n) is 14.3. The lowest BCUT2D eigenvalue weighted by molar-refractivity contribution is -0.201. The highest BCUT2D eigenvalue weighted by Crippen LogP contribution is 2.34. The number of methoxy groups -OCH3 is 1. The van der Waals surface area contributed by atoms with Gasteiger partial charge in [-0.25, -0.2) is 9.18 Å². The Balaban J connectivity index is 1.45. The molecule has 2 amide bonds. The van der Waals surface area contributed by atoms with Crippen LogP contribution in [0.2, 0.25) is 5.02 Å². The Bertz CT molecular complexity index is 887. The van der Waals surface area contributed by atoms with Crippen LogP contribution in [-0.4, -0.2) is 66.6 Å². The molecule has 4 N–H and O–H groups in total. The van der Waals surface area contributed by atoms with Crippen molar-refractivity contribution in [2.24, 2.45) is 11.8 Å². The van der Waals surface area contributed by atoms with Crippen LogP contribution in [0.5, 0.6) is 0 Å². The average molecular weight is 556 g/mol. The number of rotatable bonds is 12. The summed E-state index contributed by atoms with van der Waals surface area (Å²) >= 11 is 5.89. The molecule has 1 saturated carbocycles. The monoisotopic (exact) mass is 555 g/mol. The molecule has 0 bridgehead atoms. The molecule has 1 aromatic rings. The molecular formula is C29H47ClFN3O4. The first-order valence-corrected chi connectivity index (χ1v) is 14.7. The third kappa shape index (κ3) is 8.04. The number of unbranched alkanes of at least 4 members (excludes halogenated alkanes) is 1. The summed E-state index contributed by atoms with van der Waals surface area (Å²) in [4.78, 5) is 14.9. The Kier molecular flexibility index (Phi) is 12.1. The molecule has 9 heteroatoms. The van der Waals surface area contributed by atoms with E-state index in [1.165, 1.54) is 38.5 Å². The number of benzene rings is 1. The third-order valence-corrected chi connectivity index (χ3v) is 8.91. The maximum Gasteiger partial charge on any atom is 0.317 e. The van der Waals surface area contributed by atoms with Crippen LogP contribution >= 0.6 is 11.6 Å². The van der Waals surface area contributed by atoms with Crippen molar-refractivity contribution in [3.8, 4) is 0 Å². The number of likely N-dealkylation sites (tertiary alicyclic amines) is 1. The third-order valence-electron chi connectivity index (χ3n) is 8.62. The number of carbonyl (C=O) groups excluding carboxylic acids is 1. The second-order valence-electron chi connectivity index (χ2n) is 11.2. The Morgan fingerprint density at radius 3 is 2.66 bits per heavy atom. The van der Waals surface area contributed by atoms with E-state index in [-0.39, 0.29) is 35.1 Å². The van der Waals surface area contributed by atoms with E-state index in [9.17, 15) is 19.4 Å². The SMILES string of the molecule is CNC(C1CCCCC1)C(O)C(C)NC(=O)N1CCCC(CCCCC(O)(OC)c2cccc(Cl)c2F)C1. The van der Waals surface area contributed by atoms with Crippen molar-refractivity contribution in [1.82, 2.24) is 15.5 Å². The fraction of sp³-hybridized carbons (Fsp3) is 0.759. The molecule has 1 aliphatic carbocycles. The Hall–Kier alpha value is -1.45. The summed E-state index contributed by atoms with van der Waals surface area (Å²) in [5, 5.41) is 28.2. The Morgan fingerprint density at radius 1 is 1.24 bits per heavy atom. The molecule has 7 nitrogen and oxygen atoms in total. The molecule has 3 rings (SSSR count). The first kappa shape index (κ1) is 31.1. The minimum absolute atomic E-state index is 0.0224. The van der Waals surface area contributed by atoms with Crippen LogP contribution in [0.4, 0.5) is 9.18 Å². The molecule has 1 heterocycles. The molecule has 2 fully saturated rings. The van der Waals surface area contributed by atoms with E-state index >= 15 is 0 Å². The number of carbonyl (C=O) groups is 1. The smallest absolute Gasteiger partial charge is 0.317 e. The summed E-state index contributed by atoms with van der Waals surface area (Å²) in [6.07, 6.45) is 9.87. The molecule has 216 valence electrons. The van der Waals surface area contributed by atoms with Crippen molar-refractivity contribution >= 4 is 17.6 Å². The summed E-state index contributed by atoms with van der Waals surface area (Å²) in [5.41, 5.74) is 0.0494. The molecule has 38 heavy (non-hydrogen) atoms. The number of nitrogens with one attached hydrogen (secondary N) is 2. The molecule has 5 atom stereocenters. The number of likely N-dealkylation sites (N-methyl/N-ethyl adjacent to an activating group) is 1. The second kappa shape index (κ2) is 14.8. The molecule has 1 saturated heterocycles. The van der Waals surface area contributed by atoms with Gasteiger partial charge in [-0.05, 0) is 70.4 Å². The number of hydrogen-bond donors (Lipinski definition) is 4. The number of aliphatic hydroxyl groups excluding tert-OH is 1. The van der Waals surface area contributed by atoms with Gasteiger partial charge in [0.25, 0.3) is 0 Å². The standard InChI is InChI=1S/C29H47ClFN3O4/c1-20(27(35)26(32-2)22-13-5-4-6-14-22)33-28(36)34-18-10-12-21(19-34)11-7-8-17-29(37,38-3)23-15-9-16-24(30)25(23)31/h9,15-16,20-22,26-27,32,35,37H,4-8,10-14,17-19H2,1-3H3,(H,33,36). The molecule has 5 unspecified atom stereocenters. The van der Waals surface area contributed by atoms with E-state index in [4.69, 9.17) is 16.3 Å². The lowest BCUT2D eigenvalue weighted by atomic mass is 9.80. The highest BCUT2D eigenvalue weighted by Gasteiger charge is 2.34. The average Bonchev–Trinajstić information content (AvgIpc) is 2.93. The zero-order valence-corrected chi connectivity index (χ0v) is 24.0. The van der Waals surface area contributed by atoms with Crippen LogP contribution in [-0.2, 0) is 10.5 Å². The van der Waals surface area contributed by atoms with Crippen molar-refractivity contribution in [3.05, 3.63) is 34.6 Å². The summed E-state index contributed by atoms with van der Waals surface area (Å²) in [7, 11) is 3.26. The fourth-order valence-corrected chi connectivity index (χ4v) is 6.47. The van der Waals surface area contributed by atoms with Gasteiger partial charge in [0.1, 0.15) is 5.82 Å². The maximum absolute atomic E-state index is 14.5. The topological polar surface area (TPSA) is 94.1 Å². The van der Waals surface area contributed by atoms with Crippen LogP contribution in [0.15, 0.2) is 18.2 Å². The van der Waals surface area contributed by atoms with E-state index in [0.29, 0.717) is 31.3 Å². The van der Waals surface area contributed by atoms with Gasteiger partial charge >= 0.3 is 6.03 Å². The summed E-state index contributed by atoms with van der Waals surface area (Å²) < 4.78 is 19.8. The zero-order valence-electron chi connectivity index (χ0n) is 23.2. The van der Waals surface area contributed by atoms with Gasteiger partial charge in [0.2, 0.25) is 0 Å². The largest absolute Gasteiger partial charge is 0.389 e. The van der Waals surface area contributed by atoms with Gasteiger partial charge in [0.05, 0.1) is 17.2 Å². The van der Waals surface area contributed by atoms with Crippen molar-refractivity contribution in [2.45, 2.75) is 102 Å². The van der Waals surface area contributed by atoms with Gasteiger partial charge in [0.15, 0.2) is 5.79 Å². The van der Waals surface area contributed by atoms with E-state index in [1.54, 1.807) is 6.07 Å². The molecular weight excluding hydrogens is 509 g/mol. The molecule has 1 aromatic carbocycles. The molecule has 2 aliphatic rings. The maximum atomic E-state index is 14.5. The van der Waals surface area contributed by atoms with Crippen LogP contribution in [0.25, 0.3) is 0 Å². The van der Waals surface area contributed by atoms with Gasteiger partial charge in [-0.15, -0.1) is 0 Å². The van der Waals surface area contributed by atoms with Crippen LogP contribution in [0.1, 0.15) is 83.1 Å². The lowest BCUT2D eigenvalue weighted by Crippen LogP contribution is -2.56. The van der Waals surface area contributed by atoms with Crippen molar-refractivity contribution in [2.75, 3.05) is 27.2 Å². The molecule has 0 aromatic heterocycles. The van der Waals surface area contributed by atoms with Gasteiger partial charge < -0.3 is 30.5 Å². The van der Waals surface area contributed by atoms with Gasteiger partial charge in [-0.2, -0.15) is 0 Å². The second-order valence-corrected chi connectivity index (χ2v) is 11.6. The van der Waals surface area contributed by atoms with Gasteiger partial charge in [-0.3, -0.25) is 0 Å². The Labute approximate surface area is 232 Å². The van der Waals surface area contributed by atoms with Crippen LogP contribution in [0.3, 0.4) is 0 Å². The highest BCUT2D eigenvalue weighted by molar-refractivity contribution is 6.30. The number of hydrogen-bond acceptors (Lipinski definition) is 5. The quantitative estimate of drug-likeness (QED) is 0.211. The highest BCUT2D eigenvalue weighted by atomic mass is 35.5. The lowest BCUT2D eigenvalue weighted by Gasteiger charge is -2.38. The molecule has 0 spiro atoms. The number of halogens is 2. The van der Waals surface area contributed by atoms with E-state index in [2.05, 4.69) is 10.6 Å². The van der Waals surface area contributed by atoms with E-state index in [0.717, 1.165) is 38.5 Å². The normalized spacial score (nSPS) is 22.9. The van der Waals surface area contributed by atoms with Crippen LogP contribution in [0, 0.1) is 17.7 Å². The van der Waals surface area contributed by atoms with E-state index < -0.39 is 17.7 Å². The summed E-state index contributed by atoms with van der Waals surface area (Å²) in [6.45, 7) is 3.27. The predicted octanol–water partition coefficient (Wildman–Crippen LogP) is 5.17. The summed E-state index contributed by atoms with van der Waals surface area (Å²) in [5.74, 6) is -1.59. The number of aliphatic hydroxyl groups is 2. The first-order chi connectivity index (χ1) is 18.2. The van der Waals surface area contributed by atoms with Gasteiger partial charge in [0, 0.05) is 38.2 Å². The van der Waals surface area contributed by atoms with Crippen LogP contribution < -0.4 is 10.6 Å². The number of piperidine rings is 1. The minimum Gasteiger partial charge on any atom is -0.389 e. The zero-order chi connectivity index (χ0) is 27.7. The van der Waals surface area contributed by atoms with E-state index in [1.807, 2.05) is 18.9 Å². The molecule has 1 aliphatic heterocycles. The number of nitrogens with zero attached hydrogens (tertiary/aromatic N) is 1. The Morgan fingerprint density at radius 2 is 1.97 bits per heavy atom. The van der Waals surface area contributed by atoms with Crippen molar-refractivity contribution in [1.29, 1.82) is 0 Å². The minimum atomic E-state index is -1.73. The molecule has 0 radical (unpaired) electrons. The fourth-order valence-electron chi connectivity index (χ4n) is 6.30. The number of ether oxygens (including phenoxy) is 1.